The highest BCUT2D eigenvalue weighted by Gasteiger charge is 2.24. The first kappa shape index (κ1) is 15.6. The maximum Gasteiger partial charge on any atom is 0.253 e. The second-order valence-electron chi connectivity index (χ2n) is 5.66. The van der Waals surface area contributed by atoms with Crippen LogP contribution in [-0.4, -0.2) is 35.6 Å². The zero-order valence-corrected chi connectivity index (χ0v) is 12.0. The molecule has 3 nitrogen and oxygen atoms in total. The van der Waals surface area contributed by atoms with Crippen LogP contribution in [0, 0.1) is 18.2 Å². The summed E-state index contributed by atoms with van der Waals surface area (Å²) >= 11 is 0. The lowest BCUT2D eigenvalue weighted by Crippen LogP contribution is -2.40. The molecule has 0 aromatic heterocycles. The average Bonchev–Trinajstić information content (AvgIpc) is 2.34. The number of aliphatic hydroxyl groups excluding tert-OH is 1. The number of aryl methyl sites for hydroxylation is 1. The zero-order chi connectivity index (χ0) is 14.6. The molecular weight excluding hydrogens is 245 g/mol. The molecule has 0 aliphatic heterocycles. The maximum atomic E-state index is 13.3. The Bertz CT molecular complexity index is 437. The number of hydrogen-bond acceptors (Lipinski definition) is 2. The molecular formula is C15H22FNO2. The lowest BCUT2D eigenvalue weighted by Gasteiger charge is -2.30. The molecule has 4 heteroatoms. The second kappa shape index (κ2) is 6.15. The number of aliphatic hydroxyl groups is 1. The fourth-order valence-corrected chi connectivity index (χ4v) is 1.94. The van der Waals surface area contributed by atoms with Gasteiger partial charge in [0.25, 0.3) is 5.91 Å². The summed E-state index contributed by atoms with van der Waals surface area (Å²) in [5.41, 5.74) is 0.711. The van der Waals surface area contributed by atoms with Gasteiger partial charge >= 0.3 is 0 Å². The number of amides is 1. The third kappa shape index (κ3) is 4.31. The van der Waals surface area contributed by atoms with Crippen LogP contribution in [0.25, 0.3) is 0 Å². The lowest BCUT2D eigenvalue weighted by molar-refractivity contribution is 0.0615. The van der Waals surface area contributed by atoms with E-state index in [2.05, 4.69) is 0 Å². The zero-order valence-electron chi connectivity index (χ0n) is 12.0. The fraction of sp³-hybridized carbons (Fsp3) is 0.533. The average molecular weight is 267 g/mol. The minimum atomic E-state index is -0.402. The van der Waals surface area contributed by atoms with Gasteiger partial charge in [0.2, 0.25) is 0 Å². The predicted octanol–water partition coefficient (Wildman–Crippen LogP) is 2.61. The van der Waals surface area contributed by atoms with Crippen molar-refractivity contribution in [3.8, 4) is 0 Å². The van der Waals surface area contributed by atoms with E-state index in [0.717, 1.165) is 5.56 Å². The third-order valence-corrected chi connectivity index (χ3v) is 3.00. The summed E-state index contributed by atoms with van der Waals surface area (Å²) in [7, 11) is 0. The van der Waals surface area contributed by atoms with Crippen molar-refractivity contribution in [2.45, 2.75) is 27.7 Å². The van der Waals surface area contributed by atoms with Crippen molar-refractivity contribution in [3.05, 3.63) is 35.1 Å². The molecule has 0 aliphatic rings. The molecule has 0 saturated heterocycles. The number of benzene rings is 1. The lowest BCUT2D eigenvalue weighted by atomic mass is 9.94. The van der Waals surface area contributed by atoms with E-state index < -0.39 is 5.82 Å². The van der Waals surface area contributed by atoms with E-state index in [1.165, 1.54) is 12.1 Å². The Kier molecular flexibility index (Phi) is 5.06. The molecule has 1 rings (SSSR count). The highest BCUT2D eigenvalue weighted by Crippen LogP contribution is 2.18. The molecule has 19 heavy (non-hydrogen) atoms. The molecule has 0 unspecified atom stereocenters. The minimum Gasteiger partial charge on any atom is -0.396 e. The smallest absolute Gasteiger partial charge is 0.253 e. The molecule has 1 amide bonds. The van der Waals surface area contributed by atoms with Gasteiger partial charge in [-0.15, -0.1) is 0 Å². The van der Waals surface area contributed by atoms with Crippen molar-refractivity contribution >= 4 is 5.91 Å². The first-order valence-corrected chi connectivity index (χ1v) is 6.46. The number of rotatable bonds is 5. The molecule has 0 saturated carbocycles. The summed E-state index contributed by atoms with van der Waals surface area (Å²) < 4.78 is 13.3. The van der Waals surface area contributed by atoms with E-state index in [9.17, 15) is 14.3 Å². The van der Waals surface area contributed by atoms with Crippen LogP contribution in [0.3, 0.4) is 0 Å². The Morgan fingerprint density at radius 2 is 2.00 bits per heavy atom. The highest BCUT2D eigenvalue weighted by atomic mass is 19.1. The maximum absolute atomic E-state index is 13.3. The van der Waals surface area contributed by atoms with E-state index in [4.69, 9.17) is 0 Å². The van der Waals surface area contributed by atoms with Crippen LogP contribution in [-0.2, 0) is 0 Å². The number of carbonyl (C=O) groups is 1. The molecule has 1 N–H and O–H groups in total. The van der Waals surface area contributed by atoms with Crippen molar-refractivity contribution in [1.82, 2.24) is 4.90 Å². The van der Waals surface area contributed by atoms with Gasteiger partial charge in [-0.05, 0) is 37.6 Å². The number of halogens is 1. The quantitative estimate of drug-likeness (QED) is 0.891. The number of hydrogen-bond donors (Lipinski definition) is 1. The van der Waals surface area contributed by atoms with E-state index in [1.54, 1.807) is 17.9 Å². The molecule has 106 valence electrons. The third-order valence-electron chi connectivity index (χ3n) is 3.00. The molecule has 0 heterocycles. The van der Waals surface area contributed by atoms with Crippen LogP contribution in [0.4, 0.5) is 4.39 Å². The fourth-order valence-electron chi connectivity index (χ4n) is 1.94. The summed E-state index contributed by atoms with van der Waals surface area (Å²) in [5.74, 6) is -0.604. The van der Waals surface area contributed by atoms with E-state index in [-0.39, 0.29) is 17.9 Å². The summed E-state index contributed by atoms with van der Waals surface area (Å²) in [4.78, 5) is 14.0. The summed E-state index contributed by atoms with van der Waals surface area (Å²) in [6.07, 6.45) is 0. The van der Waals surface area contributed by atoms with Crippen molar-refractivity contribution < 1.29 is 14.3 Å². The van der Waals surface area contributed by atoms with Gasteiger partial charge in [-0.2, -0.15) is 0 Å². The first-order valence-electron chi connectivity index (χ1n) is 6.46. The van der Waals surface area contributed by atoms with Crippen molar-refractivity contribution in [2.24, 2.45) is 5.41 Å². The Balaban J connectivity index is 2.95. The topological polar surface area (TPSA) is 40.5 Å². The van der Waals surface area contributed by atoms with Gasteiger partial charge < -0.3 is 10.0 Å². The Labute approximate surface area is 114 Å². The van der Waals surface area contributed by atoms with Crippen LogP contribution in [0.2, 0.25) is 0 Å². The first-order chi connectivity index (χ1) is 8.79. The van der Waals surface area contributed by atoms with Crippen LogP contribution < -0.4 is 0 Å². The molecule has 0 aliphatic carbocycles. The number of nitrogens with zero attached hydrogens (tertiary/aromatic N) is 1. The molecule has 0 radical (unpaired) electrons. The Hall–Kier alpha value is -1.42. The largest absolute Gasteiger partial charge is 0.396 e. The molecule has 0 spiro atoms. The molecule has 1 aromatic carbocycles. The molecule has 1 aromatic rings. The summed E-state index contributed by atoms with van der Waals surface area (Å²) in [6, 6.07) is 4.33. The summed E-state index contributed by atoms with van der Waals surface area (Å²) in [5, 5.41) is 9.28. The normalized spacial score (nSPS) is 11.5. The van der Waals surface area contributed by atoms with Crippen LogP contribution in [0.1, 0.15) is 36.7 Å². The van der Waals surface area contributed by atoms with Gasteiger partial charge in [-0.25, -0.2) is 4.39 Å². The van der Waals surface area contributed by atoms with E-state index in [0.29, 0.717) is 18.7 Å². The SMILES string of the molecule is CCN(CC(C)(C)CO)C(=O)c1cc(C)cc(F)c1. The molecule has 0 fully saturated rings. The van der Waals surface area contributed by atoms with Gasteiger partial charge in [0.1, 0.15) is 5.82 Å². The van der Waals surface area contributed by atoms with Gasteiger partial charge in [0.15, 0.2) is 0 Å². The van der Waals surface area contributed by atoms with Gasteiger partial charge in [-0.1, -0.05) is 13.8 Å². The summed E-state index contributed by atoms with van der Waals surface area (Å²) in [6.45, 7) is 8.37. The molecule has 0 atom stereocenters. The van der Waals surface area contributed by atoms with Crippen molar-refractivity contribution in [1.29, 1.82) is 0 Å². The van der Waals surface area contributed by atoms with Gasteiger partial charge in [-0.3, -0.25) is 4.79 Å². The van der Waals surface area contributed by atoms with E-state index >= 15 is 0 Å². The predicted molar refractivity (Wildman–Crippen MR) is 73.6 cm³/mol. The van der Waals surface area contributed by atoms with Crippen LogP contribution >= 0.6 is 0 Å². The van der Waals surface area contributed by atoms with Crippen LogP contribution in [0.5, 0.6) is 0 Å². The van der Waals surface area contributed by atoms with E-state index in [1.807, 2.05) is 20.8 Å². The highest BCUT2D eigenvalue weighted by molar-refractivity contribution is 5.94. The minimum absolute atomic E-state index is 0.00103. The Morgan fingerprint density at radius 3 is 2.47 bits per heavy atom. The van der Waals surface area contributed by atoms with Crippen molar-refractivity contribution in [3.63, 3.8) is 0 Å². The van der Waals surface area contributed by atoms with Gasteiger partial charge in [0, 0.05) is 30.7 Å². The number of carbonyl (C=O) groups excluding carboxylic acids is 1. The van der Waals surface area contributed by atoms with Crippen LogP contribution in [0.15, 0.2) is 18.2 Å². The molecule has 0 bridgehead atoms. The van der Waals surface area contributed by atoms with Gasteiger partial charge in [0.05, 0.1) is 0 Å². The second-order valence-corrected chi connectivity index (χ2v) is 5.66. The monoisotopic (exact) mass is 267 g/mol. The van der Waals surface area contributed by atoms with Crippen molar-refractivity contribution in [2.75, 3.05) is 19.7 Å². The standard InChI is InChI=1S/C15H22FNO2/c1-5-17(9-15(3,4)10-18)14(19)12-6-11(2)7-13(16)8-12/h6-8,18H,5,9-10H2,1-4H3. The Morgan fingerprint density at radius 1 is 1.37 bits per heavy atom.